The number of carbonyl (C=O) groups is 1. The molecule has 1 aliphatic carbocycles. The quantitative estimate of drug-likeness (QED) is 0.844. The zero-order valence-electron chi connectivity index (χ0n) is 12.2. The van der Waals surface area contributed by atoms with Gasteiger partial charge in [0.25, 0.3) is 0 Å². The summed E-state index contributed by atoms with van der Waals surface area (Å²) in [5.41, 5.74) is 0.929. The highest BCUT2D eigenvalue weighted by Gasteiger charge is 2.36. The van der Waals surface area contributed by atoms with Crippen molar-refractivity contribution in [3.8, 4) is 0 Å². The number of sulfonamides is 1. The zero-order chi connectivity index (χ0) is 15.0. The van der Waals surface area contributed by atoms with Crippen LogP contribution in [0.25, 0.3) is 0 Å². The largest absolute Gasteiger partial charge is 0.340 e. The van der Waals surface area contributed by atoms with Crippen LogP contribution in [0.4, 0.5) is 0 Å². The van der Waals surface area contributed by atoms with E-state index >= 15 is 0 Å². The molecule has 3 rings (SSSR count). The Morgan fingerprint density at radius 2 is 1.81 bits per heavy atom. The van der Waals surface area contributed by atoms with E-state index in [2.05, 4.69) is 0 Å². The first-order chi connectivity index (χ1) is 9.98. The summed E-state index contributed by atoms with van der Waals surface area (Å²) in [5, 5.41) is 0. The van der Waals surface area contributed by atoms with Gasteiger partial charge < -0.3 is 4.90 Å². The Bertz CT molecular complexity index is 645. The number of nitrogens with zero attached hydrogens (tertiary/aromatic N) is 2. The van der Waals surface area contributed by atoms with Crippen molar-refractivity contribution < 1.29 is 13.2 Å². The maximum atomic E-state index is 12.6. The van der Waals surface area contributed by atoms with Crippen LogP contribution in [0.2, 0.25) is 0 Å². The number of aryl methyl sites for hydroxylation is 1. The molecule has 1 amide bonds. The predicted octanol–water partition coefficient (Wildman–Crippen LogP) is 1.24. The van der Waals surface area contributed by atoms with Crippen molar-refractivity contribution in [3.05, 3.63) is 29.8 Å². The van der Waals surface area contributed by atoms with Gasteiger partial charge in [-0.3, -0.25) is 4.79 Å². The third-order valence-corrected chi connectivity index (χ3v) is 6.00. The first kappa shape index (κ1) is 14.5. The number of hydrogen-bond acceptors (Lipinski definition) is 3. The average Bonchev–Trinajstić information content (AvgIpc) is 3.31. The van der Waals surface area contributed by atoms with Gasteiger partial charge in [0.2, 0.25) is 15.9 Å². The van der Waals surface area contributed by atoms with E-state index in [0.717, 1.165) is 18.4 Å². The van der Waals surface area contributed by atoms with E-state index in [4.69, 9.17) is 0 Å². The molecule has 2 aliphatic rings. The molecule has 5 nitrogen and oxygen atoms in total. The minimum Gasteiger partial charge on any atom is -0.340 e. The summed E-state index contributed by atoms with van der Waals surface area (Å²) in [6.45, 7) is 3.65. The van der Waals surface area contributed by atoms with Crippen LogP contribution in [0.1, 0.15) is 18.4 Å². The zero-order valence-corrected chi connectivity index (χ0v) is 13.0. The fraction of sp³-hybridized carbons (Fsp3) is 0.533. The van der Waals surface area contributed by atoms with Gasteiger partial charge in [0, 0.05) is 32.1 Å². The van der Waals surface area contributed by atoms with Crippen LogP contribution in [0.5, 0.6) is 0 Å². The third kappa shape index (κ3) is 2.96. The van der Waals surface area contributed by atoms with E-state index in [9.17, 15) is 13.2 Å². The van der Waals surface area contributed by atoms with Gasteiger partial charge in [-0.15, -0.1) is 0 Å². The van der Waals surface area contributed by atoms with Crippen molar-refractivity contribution in [1.29, 1.82) is 0 Å². The Hall–Kier alpha value is -1.40. The Morgan fingerprint density at radius 3 is 2.38 bits per heavy atom. The number of hydrogen-bond donors (Lipinski definition) is 0. The molecule has 0 unspecified atom stereocenters. The van der Waals surface area contributed by atoms with Gasteiger partial charge in [0.15, 0.2) is 0 Å². The summed E-state index contributed by atoms with van der Waals surface area (Å²) in [7, 11) is -3.44. The molecule has 1 heterocycles. The van der Waals surface area contributed by atoms with Crippen LogP contribution in [-0.4, -0.2) is 49.7 Å². The molecule has 2 fully saturated rings. The van der Waals surface area contributed by atoms with Crippen molar-refractivity contribution in [2.75, 3.05) is 26.2 Å². The van der Waals surface area contributed by atoms with Crippen LogP contribution in [-0.2, 0) is 14.8 Å². The fourth-order valence-corrected chi connectivity index (χ4v) is 4.19. The summed E-state index contributed by atoms with van der Waals surface area (Å²) in [6.07, 6.45) is 1.97. The maximum Gasteiger partial charge on any atom is 0.243 e. The molecule has 1 saturated carbocycles. The Morgan fingerprint density at radius 1 is 1.14 bits per heavy atom. The van der Waals surface area contributed by atoms with E-state index in [1.54, 1.807) is 23.1 Å². The molecule has 1 saturated heterocycles. The number of benzene rings is 1. The van der Waals surface area contributed by atoms with Crippen molar-refractivity contribution in [2.24, 2.45) is 5.92 Å². The van der Waals surface area contributed by atoms with Crippen molar-refractivity contribution in [3.63, 3.8) is 0 Å². The summed E-state index contributed by atoms with van der Waals surface area (Å²) in [4.78, 5) is 14.1. The summed E-state index contributed by atoms with van der Waals surface area (Å²) in [5.74, 6) is 0.396. The minimum absolute atomic E-state index is 0.197. The van der Waals surface area contributed by atoms with E-state index in [1.165, 1.54) is 4.31 Å². The van der Waals surface area contributed by atoms with E-state index < -0.39 is 10.0 Å². The van der Waals surface area contributed by atoms with Crippen molar-refractivity contribution in [2.45, 2.75) is 24.7 Å². The van der Waals surface area contributed by atoms with Crippen LogP contribution >= 0.6 is 0 Å². The number of rotatable bonds is 3. The van der Waals surface area contributed by atoms with Crippen LogP contribution < -0.4 is 0 Å². The second kappa shape index (κ2) is 5.42. The highest BCUT2D eigenvalue weighted by Crippen LogP contribution is 2.31. The van der Waals surface area contributed by atoms with Gasteiger partial charge in [-0.2, -0.15) is 4.31 Å². The third-order valence-electron chi connectivity index (χ3n) is 4.10. The van der Waals surface area contributed by atoms with Gasteiger partial charge >= 0.3 is 0 Å². The first-order valence-electron chi connectivity index (χ1n) is 7.34. The summed E-state index contributed by atoms with van der Waals surface area (Å²) < 4.78 is 26.7. The normalized spacial score (nSPS) is 20.5. The highest BCUT2D eigenvalue weighted by molar-refractivity contribution is 7.89. The Kier molecular flexibility index (Phi) is 3.75. The monoisotopic (exact) mass is 308 g/mol. The molecule has 1 aliphatic heterocycles. The molecule has 0 bridgehead atoms. The molecular weight excluding hydrogens is 288 g/mol. The molecule has 0 N–H and O–H groups in total. The Labute approximate surface area is 125 Å². The molecule has 0 atom stereocenters. The lowest BCUT2D eigenvalue weighted by Crippen LogP contribution is -2.50. The molecule has 21 heavy (non-hydrogen) atoms. The second-order valence-corrected chi connectivity index (χ2v) is 7.76. The van der Waals surface area contributed by atoms with Crippen molar-refractivity contribution in [1.82, 2.24) is 9.21 Å². The summed E-state index contributed by atoms with van der Waals surface area (Å²) in [6, 6.07) is 6.96. The molecule has 114 valence electrons. The first-order valence-corrected chi connectivity index (χ1v) is 8.78. The lowest BCUT2D eigenvalue weighted by molar-refractivity contribution is -0.133. The van der Waals surface area contributed by atoms with Gasteiger partial charge in [-0.1, -0.05) is 12.1 Å². The molecule has 0 aromatic heterocycles. The fourth-order valence-electron chi connectivity index (χ4n) is 2.66. The number of amides is 1. The molecule has 1 aromatic rings. The molecule has 1 aromatic carbocycles. The maximum absolute atomic E-state index is 12.6. The lowest BCUT2D eigenvalue weighted by atomic mass is 10.2. The smallest absolute Gasteiger partial charge is 0.243 e. The second-order valence-electron chi connectivity index (χ2n) is 5.82. The standard InChI is InChI=1S/C15H20N2O3S/c1-12-3-2-4-14(11-12)21(19,20)17-9-7-16(8-10-17)15(18)13-5-6-13/h2-4,11,13H,5-10H2,1H3. The SMILES string of the molecule is Cc1cccc(S(=O)(=O)N2CCN(C(=O)C3CC3)CC2)c1. The van der Waals surface area contributed by atoms with Crippen LogP contribution in [0.3, 0.4) is 0 Å². The molecule has 6 heteroatoms. The van der Waals surface area contributed by atoms with E-state index in [-0.39, 0.29) is 11.8 Å². The topological polar surface area (TPSA) is 57.7 Å². The molecular formula is C15H20N2O3S. The van der Waals surface area contributed by atoms with E-state index in [0.29, 0.717) is 31.1 Å². The van der Waals surface area contributed by atoms with Gasteiger partial charge in [0.05, 0.1) is 4.90 Å². The van der Waals surface area contributed by atoms with Gasteiger partial charge in [-0.05, 0) is 37.5 Å². The minimum atomic E-state index is -3.44. The van der Waals surface area contributed by atoms with Crippen molar-refractivity contribution >= 4 is 15.9 Å². The Balaban J connectivity index is 1.69. The number of piperazine rings is 1. The average molecular weight is 308 g/mol. The van der Waals surface area contributed by atoms with E-state index in [1.807, 2.05) is 13.0 Å². The summed E-state index contributed by atoms with van der Waals surface area (Å²) >= 11 is 0. The van der Waals surface area contributed by atoms with Gasteiger partial charge in [-0.25, -0.2) is 8.42 Å². The highest BCUT2D eigenvalue weighted by atomic mass is 32.2. The molecule has 0 radical (unpaired) electrons. The predicted molar refractivity (Wildman–Crippen MR) is 79.2 cm³/mol. The molecule has 0 spiro atoms. The van der Waals surface area contributed by atoms with Crippen LogP contribution in [0, 0.1) is 12.8 Å². The van der Waals surface area contributed by atoms with Crippen LogP contribution in [0.15, 0.2) is 29.2 Å². The number of carbonyl (C=O) groups excluding carboxylic acids is 1. The lowest BCUT2D eigenvalue weighted by Gasteiger charge is -2.34. The van der Waals surface area contributed by atoms with Gasteiger partial charge in [0.1, 0.15) is 0 Å².